The van der Waals surface area contributed by atoms with Crippen LogP contribution in [-0.2, 0) is 0 Å². The standard InChI is InChI=1S/C15H25FN2/c1-4-13(3)12-18(5-2)10-9-17-15-8-6-7-14(16)11-15/h6-8,11,13,17H,4-5,9-10,12H2,1-3H3. The molecule has 3 heteroatoms. The molecule has 1 N–H and O–H groups in total. The average molecular weight is 252 g/mol. The van der Waals surface area contributed by atoms with E-state index in [0.29, 0.717) is 0 Å². The Bertz CT molecular complexity index is 341. The maximum absolute atomic E-state index is 13.0. The number of rotatable bonds is 8. The molecule has 0 aromatic heterocycles. The van der Waals surface area contributed by atoms with E-state index in [2.05, 4.69) is 31.0 Å². The quantitative estimate of drug-likeness (QED) is 0.760. The van der Waals surface area contributed by atoms with Crippen molar-refractivity contribution in [1.82, 2.24) is 4.90 Å². The van der Waals surface area contributed by atoms with Crippen LogP contribution in [0.5, 0.6) is 0 Å². The van der Waals surface area contributed by atoms with Gasteiger partial charge in [-0.25, -0.2) is 4.39 Å². The van der Waals surface area contributed by atoms with Crippen LogP contribution < -0.4 is 5.32 Å². The van der Waals surface area contributed by atoms with Crippen LogP contribution in [0.3, 0.4) is 0 Å². The lowest BCUT2D eigenvalue weighted by molar-refractivity contribution is 0.254. The molecule has 1 rings (SSSR count). The van der Waals surface area contributed by atoms with Crippen LogP contribution in [0.1, 0.15) is 27.2 Å². The summed E-state index contributed by atoms with van der Waals surface area (Å²) in [6.07, 6.45) is 1.22. The van der Waals surface area contributed by atoms with Gasteiger partial charge in [0.25, 0.3) is 0 Å². The second-order valence-corrected chi connectivity index (χ2v) is 4.84. The third kappa shape index (κ3) is 5.50. The number of halogens is 1. The van der Waals surface area contributed by atoms with Crippen LogP contribution in [0.2, 0.25) is 0 Å². The van der Waals surface area contributed by atoms with Crippen LogP contribution in [0.25, 0.3) is 0 Å². The van der Waals surface area contributed by atoms with E-state index in [1.54, 1.807) is 6.07 Å². The van der Waals surface area contributed by atoms with Crippen molar-refractivity contribution >= 4 is 5.69 Å². The first-order valence-electron chi connectivity index (χ1n) is 6.87. The molecule has 0 aliphatic rings. The highest BCUT2D eigenvalue weighted by Gasteiger charge is 2.06. The average Bonchev–Trinajstić information content (AvgIpc) is 2.37. The zero-order valence-corrected chi connectivity index (χ0v) is 11.7. The molecule has 0 heterocycles. The van der Waals surface area contributed by atoms with Gasteiger partial charge in [-0.15, -0.1) is 0 Å². The molecule has 2 nitrogen and oxygen atoms in total. The van der Waals surface area contributed by atoms with Gasteiger partial charge >= 0.3 is 0 Å². The number of nitrogens with one attached hydrogen (secondary N) is 1. The minimum Gasteiger partial charge on any atom is -0.384 e. The van der Waals surface area contributed by atoms with Gasteiger partial charge < -0.3 is 10.2 Å². The highest BCUT2D eigenvalue weighted by Crippen LogP contribution is 2.09. The van der Waals surface area contributed by atoms with Gasteiger partial charge in [0.15, 0.2) is 0 Å². The molecule has 0 radical (unpaired) electrons. The molecule has 1 aromatic rings. The summed E-state index contributed by atoms with van der Waals surface area (Å²) in [6, 6.07) is 6.62. The number of anilines is 1. The molecule has 1 unspecified atom stereocenters. The highest BCUT2D eigenvalue weighted by atomic mass is 19.1. The van der Waals surface area contributed by atoms with E-state index in [-0.39, 0.29) is 5.82 Å². The molecule has 102 valence electrons. The molecule has 0 spiro atoms. The van der Waals surface area contributed by atoms with Gasteiger partial charge in [-0.1, -0.05) is 33.3 Å². The first-order valence-corrected chi connectivity index (χ1v) is 6.87. The van der Waals surface area contributed by atoms with Crippen molar-refractivity contribution in [3.8, 4) is 0 Å². The highest BCUT2D eigenvalue weighted by molar-refractivity contribution is 5.42. The van der Waals surface area contributed by atoms with Crippen molar-refractivity contribution in [1.29, 1.82) is 0 Å². The first kappa shape index (κ1) is 15.0. The molecular weight excluding hydrogens is 227 g/mol. The molecule has 1 atom stereocenters. The maximum atomic E-state index is 13.0. The van der Waals surface area contributed by atoms with Gasteiger partial charge in [-0.3, -0.25) is 0 Å². The van der Waals surface area contributed by atoms with Gasteiger partial charge in [0.2, 0.25) is 0 Å². The summed E-state index contributed by atoms with van der Waals surface area (Å²) in [5.74, 6) is 0.547. The summed E-state index contributed by atoms with van der Waals surface area (Å²) in [6.45, 7) is 10.7. The van der Waals surface area contributed by atoms with Crippen LogP contribution in [0, 0.1) is 11.7 Å². The van der Waals surface area contributed by atoms with E-state index < -0.39 is 0 Å². The number of benzene rings is 1. The van der Waals surface area contributed by atoms with Gasteiger partial charge in [0, 0.05) is 25.3 Å². The molecular formula is C15H25FN2. The Morgan fingerprint density at radius 3 is 2.72 bits per heavy atom. The Kier molecular flexibility index (Phi) is 6.73. The third-order valence-corrected chi connectivity index (χ3v) is 3.30. The summed E-state index contributed by atoms with van der Waals surface area (Å²) >= 11 is 0. The second-order valence-electron chi connectivity index (χ2n) is 4.84. The fraction of sp³-hybridized carbons (Fsp3) is 0.600. The minimum atomic E-state index is -0.188. The van der Waals surface area contributed by atoms with Gasteiger partial charge in [0.05, 0.1) is 0 Å². The molecule has 18 heavy (non-hydrogen) atoms. The topological polar surface area (TPSA) is 15.3 Å². The van der Waals surface area contributed by atoms with Crippen LogP contribution in [-0.4, -0.2) is 31.1 Å². The SMILES string of the molecule is CCC(C)CN(CC)CCNc1cccc(F)c1. The van der Waals surface area contributed by atoms with Crippen LogP contribution >= 0.6 is 0 Å². The van der Waals surface area contributed by atoms with Crippen molar-refractivity contribution in [2.24, 2.45) is 5.92 Å². The molecule has 0 saturated carbocycles. The van der Waals surface area contributed by atoms with Gasteiger partial charge in [-0.05, 0) is 30.7 Å². The normalized spacial score (nSPS) is 12.7. The zero-order chi connectivity index (χ0) is 13.4. The third-order valence-electron chi connectivity index (χ3n) is 3.30. The molecule has 0 bridgehead atoms. The Labute approximate surface area is 110 Å². The Morgan fingerprint density at radius 1 is 1.33 bits per heavy atom. The summed E-state index contributed by atoms with van der Waals surface area (Å²) < 4.78 is 13.0. The largest absolute Gasteiger partial charge is 0.384 e. The second kappa shape index (κ2) is 8.09. The lowest BCUT2D eigenvalue weighted by Gasteiger charge is -2.24. The molecule has 0 aliphatic heterocycles. The summed E-state index contributed by atoms with van der Waals surface area (Å²) in [4.78, 5) is 2.43. The van der Waals surface area contributed by atoms with E-state index in [1.165, 1.54) is 18.6 Å². The fourth-order valence-electron chi connectivity index (χ4n) is 1.91. The van der Waals surface area contributed by atoms with Crippen molar-refractivity contribution in [2.45, 2.75) is 27.2 Å². The molecule has 0 aliphatic carbocycles. The van der Waals surface area contributed by atoms with E-state index in [1.807, 2.05) is 6.07 Å². The molecule has 0 fully saturated rings. The summed E-state index contributed by atoms with van der Waals surface area (Å²) in [7, 11) is 0. The molecule has 0 amide bonds. The summed E-state index contributed by atoms with van der Waals surface area (Å²) in [5, 5.41) is 3.26. The minimum absolute atomic E-state index is 0.188. The monoisotopic (exact) mass is 252 g/mol. The predicted octanol–water partition coefficient (Wildman–Crippen LogP) is 3.61. The molecule has 0 saturated heterocycles. The molecule has 1 aromatic carbocycles. The predicted molar refractivity (Wildman–Crippen MR) is 76.5 cm³/mol. The number of likely N-dealkylation sites (N-methyl/N-ethyl adjacent to an activating group) is 1. The van der Waals surface area contributed by atoms with E-state index in [9.17, 15) is 4.39 Å². The zero-order valence-electron chi connectivity index (χ0n) is 11.7. The Morgan fingerprint density at radius 2 is 2.11 bits per heavy atom. The van der Waals surface area contributed by atoms with Crippen LogP contribution in [0.15, 0.2) is 24.3 Å². The maximum Gasteiger partial charge on any atom is 0.125 e. The lowest BCUT2D eigenvalue weighted by Crippen LogP contribution is -2.32. The van der Waals surface area contributed by atoms with E-state index in [4.69, 9.17) is 0 Å². The van der Waals surface area contributed by atoms with Crippen molar-refractivity contribution in [3.05, 3.63) is 30.1 Å². The fourth-order valence-corrected chi connectivity index (χ4v) is 1.91. The van der Waals surface area contributed by atoms with Crippen molar-refractivity contribution in [3.63, 3.8) is 0 Å². The first-order chi connectivity index (χ1) is 8.65. The van der Waals surface area contributed by atoms with E-state index >= 15 is 0 Å². The van der Waals surface area contributed by atoms with Gasteiger partial charge in [0.1, 0.15) is 5.82 Å². The number of hydrogen-bond donors (Lipinski definition) is 1. The van der Waals surface area contributed by atoms with Gasteiger partial charge in [-0.2, -0.15) is 0 Å². The number of hydrogen-bond acceptors (Lipinski definition) is 2. The lowest BCUT2D eigenvalue weighted by atomic mass is 10.1. The van der Waals surface area contributed by atoms with Crippen molar-refractivity contribution in [2.75, 3.05) is 31.5 Å². The Hall–Kier alpha value is -1.09. The summed E-state index contributed by atoms with van der Waals surface area (Å²) in [5.41, 5.74) is 0.856. The number of nitrogens with zero attached hydrogens (tertiary/aromatic N) is 1. The van der Waals surface area contributed by atoms with E-state index in [0.717, 1.165) is 37.8 Å². The van der Waals surface area contributed by atoms with Crippen LogP contribution in [0.4, 0.5) is 10.1 Å². The smallest absolute Gasteiger partial charge is 0.125 e. The Balaban J connectivity index is 2.31. The van der Waals surface area contributed by atoms with Crippen molar-refractivity contribution < 1.29 is 4.39 Å².